The lowest BCUT2D eigenvalue weighted by molar-refractivity contribution is -0.193. The maximum absolute atomic E-state index is 13.0. The van der Waals surface area contributed by atoms with Crippen LogP contribution >= 0.6 is 0 Å². The van der Waals surface area contributed by atoms with Gasteiger partial charge in [0.25, 0.3) is 5.91 Å². The molecular weight excluding hydrogens is 722 g/mol. The van der Waals surface area contributed by atoms with E-state index in [1.165, 1.54) is 6.21 Å². The number of amides is 2. The highest BCUT2D eigenvalue weighted by atomic mass is 16.7. The monoisotopic (exact) mass is 771 g/mol. The number of hydrazone groups is 1. The van der Waals surface area contributed by atoms with Crippen molar-refractivity contribution in [2.45, 2.75) is 82.8 Å². The van der Waals surface area contributed by atoms with Crippen molar-refractivity contribution in [1.29, 1.82) is 0 Å². The average molecular weight is 772 g/mol. The molecule has 56 heavy (non-hydrogen) atoms. The van der Waals surface area contributed by atoms with Crippen LogP contribution in [0.15, 0.2) is 65.9 Å². The molecule has 18 heteroatoms. The molecule has 2 unspecified atom stereocenters. The molecule has 1 saturated heterocycles. The zero-order valence-electron chi connectivity index (χ0n) is 31.6. The molecule has 4 atom stereocenters. The molecule has 1 fully saturated rings. The summed E-state index contributed by atoms with van der Waals surface area (Å²) in [6, 6.07) is 15.0. The van der Waals surface area contributed by atoms with Crippen molar-refractivity contribution in [2.24, 2.45) is 11.0 Å². The van der Waals surface area contributed by atoms with Gasteiger partial charge in [-0.2, -0.15) is 20.1 Å². The number of hydrogen-bond acceptors (Lipinski definition) is 15. The highest BCUT2D eigenvalue weighted by Gasteiger charge is 2.48. The lowest BCUT2D eigenvalue weighted by Crippen LogP contribution is -2.46. The van der Waals surface area contributed by atoms with Crippen LogP contribution in [0, 0.1) is 5.92 Å². The summed E-state index contributed by atoms with van der Waals surface area (Å²) in [5.74, 6) is -2.08. The largest absolute Gasteiger partial charge is 0.480 e. The SMILES string of the molecule is CC(C)C[C@]1(CC(O)CO)CC(/C=N/NC(=O)CC[C@H](NC(=O)c2ccc(N(C)Cc3cnc4nc(N)nc(N)c4n3)cc2)C(=O)O)ON1Cc1ccccc1. The molecule has 2 aromatic carbocycles. The zero-order chi connectivity index (χ0) is 40.4. The smallest absolute Gasteiger partial charge is 0.326 e. The first-order valence-corrected chi connectivity index (χ1v) is 18.2. The minimum atomic E-state index is -1.34. The average Bonchev–Trinajstić information content (AvgIpc) is 3.47. The van der Waals surface area contributed by atoms with E-state index in [1.807, 2.05) is 47.3 Å². The van der Waals surface area contributed by atoms with Crippen LogP contribution in [0.25, 0.3) is 11.2 Å². The Morgan fingerprint density at radius 2 is 1.82 bits per heavy atom. The van der Waals surface area contributed by atoms with E-state index in [9.17, 15) is 29.7 Å². The van der Waals surface area contributed by atoms with E-state index in [0.29, 0.717) is 37.1 Å². The number of carbonyl (C=O) groups excluding carboxylic acids is 2. The first kappa shape index (κ1) is 41.3. The third kappa shape index (κ3) is 10.9. The van der Waals surface area contributed by atoms with E-state index in [4.69, 9.17) is 16.3 Å². The molecule has 1 aliphatic heterocycles. The molecule has 1 aliphatic rings. The Morgan fingerprint density at radius 3 is 2.50 bits per heavy atom. The maximum atomic E-state index is 13.0. The topological polar surface area (TPSA) is 268 Å². The molecule has 0 aliphatic carbocycles. The van der Waals surface area contributed by atoms with Crippen molar-refractivity contribution in [3.8, 4) is 0 Å². The fourth-order valence-electron chi connectivity index (χ4n) is 6.82. The Kier molecular flexibility index (Phi) is 13.8. The molecule has 4 aromatic rings. The van der Waals surface area contributed by atoms with E-state index in [1.54, 1.807) is 30.5 Å². The Hall–Kier alpha value is -5.82. The van der Waals surface area contributed by atoms with Crippen molar-refractivity contribution in [3.05, 3.63) is 77.6 Å². The van der Waals surface area contributed by atoms with E-state index >= 15 is 0 Å². The molecule has 298 valence electrons. The minimum Gasteiger partial charge on any atom is -0.480 e. The summed E-state index contributed by atoms with van der Waals surface area (Å²) in [5.41, 5.74) is 16.6. The van der Waals surface area contributed by atoms with Crippen LogP contribution in [0.1, 0.15) is 67.6 Å². The Labute approximate surface area is 323 Å². The van der Waals surface area contributed by atoms with Crippen LogP contribution in [0.5, 0.6) is 0 Å². The number of rotatable bonds is 18. The number of fused-ring (bicyclic) bond motifs is 1. The summed E-state index contributed by atoms with van der Waals surface area (Å²) >= 11 is 0. The number of carbonyl (C=O) groups is 3. The molecule has 9 N–H and O–H groups in total. The van der Waals surface area contributed by atoms with Gasteiger partial charge in [0, 0.05) is 37.7 Å². The fraction of sp³-hybridized carbons (Fsp3) is 0.421. The third-order valence-corrected chi connectivity index (χ3v) is 9.32. The summed E-state index contributed by atoms with van der Waals surface area (Å²) < 4.78 is 0. The maximum Gasteiger partial charge on any atom is 0.326 e. The highest BCUT2D eigenvalue weighted by Crippen LogP contribution is 2.41. The molecule has 0 radical (unpaired) electrons. The molecule has 2 amide bonds. The van der Waals surface area contributed by atoms with Gasteiger partial charge in [-0.1, -0.05) is 44.2 Å². The first-order chi connectivity index (χ1) is 26.7. The second-order valence-corrected chi connectivity index (χ2v) is 14.4. The number of aliphatic carboxylic acids is 1. The van der Waals surface area contributed by atoms with Crippen molar-refractivity contribution in [3.63, 3.8) is 0 Å². The Morgan fingerprint density at radius 1 is 1.09 bits per heavy atom. The van der Waals surface area contributed by atoms with Gasteiger partial charge in [0.1, 0.15) is 12.1 Å². The fourth-order valence-corrected chi connectivity index (χ4v) is 6.82. The minimum absolute atomic E-state index is 0.00451. The van der Waals surface area contributed by atoms with E-state index in [2.05, 4.69) is 49.6 Å². The van der Waals surface area contributed by atoms with Gasteiger partial charge in [-0.15, -0.1) is 0 Å². The molecule has 0 spiro atoms. The van der Waals surface area contributed by atoms with Crippen molar-refractivity contribution in [2.75, 3.05) is 30.0 Å². The first-order valence-electron chi connectivity index (χ1n) is 18.2. The van der Waals surface area contributed by atoms with Crippen LogP contribution in [0.4, 0.5) is 17.5 Å². The predicted octanol–water partition coefficient (Wildman–Crippen LogP) is 2.02. The van der Waals surface area contributed by atoms with Crippen LogP contribution in [0.3, 0.4) is 0 Å². The molecule has 3 heterocycles. The summed E-state index contributed by atoms with van der Waals surface area (Å²) in [4.78, 5) is 62.6. The van der Waals surface area contributed by atoms with Crippen LogP contribution in [-0.2, 0) is 27.5 Å². The zero-order valence-corrected chi connectivity index (χ0v) is 31.6. The number of hydrogen-bond donors (Lipinski definition) is 7. The molecular formula is C38H49N11O7. The van der Waals surface area contributed by atoms with Gasteiger partial charge < -0.3 is 37.0 Å². The second-order valence-electron chi connectivity index (χ2n) is 14.4. The quantitative estimate of drug-likeness (QED) is 0.0563. The number of benzene rings is 2. The number of anilines is 3. The van der Waals surface area contributed by atoms with Crippen LogP contribution < -0.4 is 27.1 Å². The van der Waals surface area contributed by atoms with Crippen molar-refractivity contribution in [1.82, 2.24) is 35.7 Å². The number of aliphatic hydroxyl groups is 2. The van der Waals surface area contributed by atoms with Crippen molar-refractivity contribution < 1.29 is 34.5 Å². The van der Waals surface area contributed by atoms with Gasteiger partial charge in [-0.25, -0.2) is 20.2 Å². The molecule has 5 rings (SSSR count). The van der Waals surface area contributed by atoms with Crippen molar-refractivity contribution >= 4 is 52.6 Å². The number of aliphatic hydroxyl groups excluding tert-OH is 2. The standard InChI is InChI=1S/C38H49N11O7/c1-23(2)15-38(16-28(51)22-50)17-29(56-49(38)20-24-7-5-4-6-8-24)19-42-47-31(52)14-13-30(36(54)55)44-35(53)25-9-11-27(12-10-25)48(3)21-26-18-41-34-32(43-26)33(39)45-37(40)46-34/h4-12,18-19,23,28-30,50-51H,13-17,20-22H2,1-3H3,(H,44,53)(H,47,52)(H,54,55)(H4,39,40,41,45,46)/b42-19+/t28?,29?,30-,38-/m0/s1. The predicted molar refractivity (Wildman–Crippen MR) is 209 cm³/mol. The van der Waals surface area contributed by atoms with E-state index in [0.717, 1.165) is 11.3 Å². The van der Waals surface area contributed by atoms with Gasteiger partial charge in [-0.05, 0) is 55.0 Å². The molecule has 0 saturated carbocycles. The summed E-state index contributed by atoms with van der Waals surface area (Å²) in [5, 5.41) is 38.4. The van der Waals surface area contributed by atoms with Gasteiger partial charge >= 0.3 is 5.97 Å². The van der Waals surface area contributed by atoms with E-state index < -0.39 is 41.6 Å². The summed E-state index contributed by atoms with van der Waals surface area (Å²) in [6.07, 6.45) is 2.55. The number of hydroxylamine groups is 2. The van der Waals surface area contributed by atoms with Crippen LogP contribution in [0.2, 0.25) is 0 Å². The van der Waals surface area contributed by atoms with Gasteiger partial charge in [0.2, 0.25) is 11.9 Å². The lowest BCUT2D eigenvalue weighted by Gasteiger charge is -2.39. The number of nitrogens with two attached hydrogens (primary N) is 2. The highest BCUT2D eigenvalue weighted by molar-refractivity contribution is 5.97. The third-order valence-electron chi connectivity index (χ3n) is 9.32. The van der Waals surface area contributed by atoms with E-state index in [-0.39, 0.29) is 54.8 Å². The summed E-state index contributed by atoms with van der Waals surface area (Å²) in [6.45, 7) is 4.56. The lowest BCUT2D eigenvalue weighted by atomic mass is 9.80. The number of carboxylic acid groups (broad SMARTS) is 1. The van der Waals surface area contributed by atoms with Crippen LogP contribution in [-0.4, -0.2) is 102 Å². The number of nitrogens with one attached hydrogen (secondary N) is 2. The van der Waals surface area contributed by atoms with Gasteiger partial charge in [-0.3, -0.25) is 14.4 Å². The Balaban J connectivity index is 1.13. The molecule has 2 aromatic heterocycles. The summed E-state index contributed by atoms with van der Waals surface area (Å²) in [7, 11) is 1.82. The number of carboxylic acids is 1. The molecule has 0 bridgehead atoms. The Bertz CT molecular complexity index is 2000. The second kappa shape index (κ2) is 18.7. The molecule has 18 nitrogen and oxygen atoms in total. The number of nitrogens with zero attached hydrogens (tertiary/aromatic N) is 7. The normalized spacial score (nSPS) is 18.3. The number of nitrogen functional groups attached to an aromatic ring is 2. The number of aromatic nitrogens is 4. The van der Waals surface area contributed by atoms with Gasteiger partial charge in [0.15, 0.2) is 17.0 Å². The van der Waals surface area contributed by atoms with Gasteiger partial charge in [0.05, 0.1) is 42.9 Å².